The minimum Gasteiger partial charge on any atom is -0.224 e. The molecule has 0 fully saturated rings. The summed E-state index contributed by atoms with van der Waals surface area (Å²) in [7, 11) is -4.14. The number of sulfone groups is 1. The maximum absolute atomic E-state index is 13.0. The van der Waals surface area contributed by atoms with Gasteiger partial charge in [0.1, 0.15) is 5.15 Å². The van der Waals surface area contributed by atoms with Gasteiger partial charge in [-0.2, -0.15) is 31.4 Å². The Bertz CT molecular complexity index is 1200. The molecule has 4 nitrogen and oxygen atoms in total. The van der Waals surface area contributed by atoms with E-state index in [4.69, 9.17) is 11.6 Å². The molecule has 2 aromatic carbocycles. The van der Waals surface area contributed by atoms with Gasteiger partial charge >= 0.3 is 12.4 Å². The molecule has 0 saturated heterocycles. The first-order valence-corrected chi connectivity index (χ1v) is 9.98. The average Bonchev–Trinajstić information content (AvgIpc) is 2.96. The van der Waals surface area contributed by atoms with Crippen molar-refractivity contribution in [3.8, 4) is 5.69 Å². The van der Waals surface area contributed by atoms with Gasteiger partial charge in [0.25, 0.3) is 0 Å². The van der Waals surface area contributed by atoms with Gasteiger partial charge in [-0.3, -0.25) is 0 Å². The van der Waals surface area contributed by atoms with Crippen molar-refractivity contribution in [2.45, 2.75) is 24.2 Å². The van der Waals surface area contributed by atoms with E-state index in [0.29, 0.717) is 12.1 Å². The highest BCUT2D eigenvalue weighted by atomic mass is 35.5. The molecule has 0 radical (unpaired) electrons. The van der Waals surface area contributed by atoms with Crippen molar-refractivity contribution in [3.63, 3.8) is 0 Å². The molecule has 156 valence electrons. The van der Waals surface area contributed by atoms with Gasteiger partial charge in [0, 0.05) is 5.39 Å². The minimum atomic E-state index is -4.79. The summed E-state index contributed by atoms with van der Waals surface area (Å²) in [6, 6.07) is 4.52. The molecular formula is C17H11ClF6N2O2S. The summed E-state index contributed by atoms with van der Waals surface area (Å²) in [6.45, 7) is 1.25. The lowest BCUT2D eigenvalue weighted by Gasteiger charge is -2.14. The smallest absolute Gasteiger partial charge is 0.224 e. The predicted octanol–water partition coefficient (Wildman–Crippen LogP) is 5.51. The van der Waals surface area contributed by atoms with E-state index in [1.165, 1.54) is 6.92 Å². The zero-order valence-electron chi connectivity index (χ0n) is 14.4. The lowest BCUT2D eigenvalue weighted by atomic mass is 10.1. The topological polar surface area (TPSA) is 52.0 Å². The Kier molecular flexibility index (Phi) is 5.11. The fourth-order valence-electron chi connectivity index (χ4n) is 2.66. The van der Waals surface area contributed by atoms with Gasteiger partial charge in [-0.05, 0) is 36.4 Å². The number of aromatic nitrogens is 2. The third-order valence-electron chi connectivity index (χ3n) is 4.17. The van der Waals surface area contributed by atoms with Crippen LogP contribution in [0.4, 0.5) is 26.3 Å². The van der Waals surface area contributed by atoms with E-state index in [1.807, 2.05) is 0 Å². The van der Waals surface area contributed by atoms with Gasteiger partial charge in [-0.25, -0.2) is 13.1 Å². The van der Waals surface area contributed by atoms with Gasteiger partial charge in [-0.15, -0.1) is 0 Å². The van der Waals surface area contributed by atoms with Crippen LogP contribution in [-0.4, -0.2) is 24.0 Å². The number of alkyl halides is 6. The van der Waals surface area contributed by atoms with Crippen LogP contribution in [0.15, 0.2) is 41.3 Å². The second kappa shape index (κ2) is 6.91. The Labute approximate surface area is 165 Å². The summed E-state index contributed by atoms with van der Waals surface area (Å²) in [5.74, 6) is -0.502. The highest BCUT2D eigenvalue weighted by Gasteiger charge is 2.34. The van der Waals surface area contributed by atoms with Crippen LogP contribution >= 0.6 is 11.6 Å². The Morgan fingerprint density at radius 2 is 1.52 bits per heavy atom. The molecule has 3 aromatic rings. The number of hydrogen-bond acceptors (Lipinski definition) is 3. The molecule has 0 spiro atoms. The minimum absolute atomic E-state index is 0.0828. The lowest BCUT2D eigenvalue weighted by molar-refractivity contribution is -0.138. The molecule has 0 aliphatic carbocycles. The number of nitrogens with zero attached hydrogens (tertiary/aromatic N) is 2. The van der Waals surface area contributed by atoms with E-state index >= 15 is 0 Å². The van der Waals surface area contributed by atoms with Gasteiger partial charge in [0.05, 0.1) is 33.0 Å². The number of benzene rings is 2. The second-order valence-electron chi connectivity index (χ2n) is 6.02. The summed E-state index contributed by atoms with van der Waals surface area (Å²) < 4.78 is 103. The number of fused-ring (bicyclic) bond motifs is 1. The van der Waals surface area contributed by atoms with Crippen LogP contribution in [-0.2, 0) is 22.2 Å². The molecular weight excluding hydrogens is 446 g/mol. The number of halogens is 7. The van der Waals surface area contributed by atoms with E-state index in [2.05, 4.69) is 5.10 Å². The molecule has 0 aliphatic heterocycles. The van der Waals surface area contributed by atoms with Crippen molar-refractivity contribution < 1.29 is 34.8 Å². The summed E-state index contributed by atoms with van der Waals surface area (Å²) in [5, 5.41) is 3.74. The van der Waals surface area contributed by atoms with Gasteiger partial charge < -0.3 is 0 Å². The van der Waals surface area contributed by atoms with Crippen LogP contribution in [0.5, 0.6) is 0 Å². The summed E-state index contributed by atoms with van der Waals surface area (Å²) in [4.78, 5) is -0.680. The molecule has 12 heteroatoms. The maximum Gasteiger partial charge on any atom is 0.416 e. The molecule has 0 amide bonds. The number of hydrogen-bond donors (Lipinski definition) is 0. The zero-order valence-corrected chi connectivity index (χ0v) is 16.0. The number of rotatable bonds is 3. The third-order valence-corrected chi connectivity index (χ3v) is 6.29. The van der Waals surface area contributed by atoms with Crippen molar-refractivity contribution in [2.75, 3.05) is 5.75 Å². The largest absolute Gasteiger partial charge is 0.416 e. The van der Waals surface area contributed by atoms with E-state index in [0.717, 1.165) is 28.9 Å². The van der Waals surface area contributed by atoms with E-state index in [1.54, 1.807) is 0 Å². The van der Waals surface area contributed by atoms with Crippen LogP contribution in [0.2, 0.25) is 5.15 Å². The molecule has 0 bridgehead atoms. The molecule has 0 saturated carbocycles. The molecule has 1 aromatic heterocycles. The first-order valence-electron chi connectivity index (χ1n) is 7.95. The monoisotopic (exact) mass is 456 g/mol. The molecule has 0 aliphatic rings. The van der Waals surface area contributed by atoms with Crippen LogP contribution in [0.1, 0.15) is 18.1 Å². The van der Waals surface area contributed by atoms with Crippen LogP contribution < -0.4 is 0 Å². The third kappa shape index (κ3) is 3.93. The Morgan fingerprint density at radius 1 is 0.966 bits per heavy atom. The normalized spacial score (nSPS) is 13.2. The molecule has 0 unspecified atom stereocenters. The summed E-state index contributed by atoms with van der Waals surface area (Å²) in [5.41, 5.74) is -2.68. The highest BCUT2D eigenvalue weighted by Crippen LogP contribution is 2.37. The SMILES string of the molecule is CCS(=O)(=O)c1cc(C(F)(F)F)ccc1-n1nc2cc(C(F)(F)F)ccc2c1Cl. The van der Waals surface area contributed by atoms with E-state index in [9.17, 15) is 34.8 Å². The maximum atomic E-state index is 13.0. The van der Waals surface area contributed by atoms with Crippen molar-refractivity contribution in [3.05, 3.63) is 52.7 Å². The van der Waals surface area contributed by atoms with Crippen molar-refractivity contribution >= 4 is 32.3 Å². The van der Waals surface area contributed by atoms with Crippen molar-refractivity contribution in [2.24, 2.45) is 0 Å². The molecule has 29 heavy (non-hydrogen) atoms. The Morgan fingerprint density at radius 3 is 2.07 bits per heavy atom. The highest BCUT2D eigenvalue weighted by molar-refractivity contribution is 7.91. The van der Waals surface area contributed by atoms with E-state index < -0.39 is 44.0 Å². The second-order valence-corrected chi connectivity index (χ2v) is 8.62. The first-order chi connectivity index (χ1) is 13.3. The molecule has 0 N–H and O–H groups in total. The van der Waals surface area contributed by atoms with E-state index in [-0.39, 0.29) is 21.7 Å². The predicted molar refractivity (Wildman–Crippen MR) is 93.8 cm³/mol. The molecule has 3 rings (SSSR count). The molecule has 1 heterocycles. The quantitative estimate of drug-likeness (QED) is 0.488. The summed E-state index contributed by atoms with van der Waals surface area (Å²) >= 11 is 6.16. The lowest BCUT2D eigenvalue weighted by Crippen LogP contribution is -2.13. The average molecular weight is 457 g/mol. The fourth-order valence-corrected chi connectivity index (χ4v) is 4.04. The fraction of sp³-hybridized carbons (Fsp3) is 0.235. The summed E-state index contributed by atoms with van der Waals surface area (Å²) in [6.07, 6.45) is -9.44. The molecule has 0 atom stereocenters. The van der Waals surface area contributed by atoms with Gasteiger partial charge in [0.2, 0.25) is 0 Å². The zero-order chi connectivity index (χ0) is 21.8. The van der Waals surface area contributed by atoms with Crippen LogP contribution in [0.25, 0.3) is 16.6 Å². The van der Waals surface area contributed by atoms with Gasteiger partial charge in [-0.1, -0.05) is 18.5 Å². The Balaban J connectivity index is 2.30. The van der Waals surface area contributed by atoms with Crippen molar-refractivity contribution in [1.82, 2.24) is 9.78 Å². The Hall–Kier alpha value is -2.27. The van der Waals surface area contributed by atoms with Crippen LogP contribution in [0, 0.1) is 0 Å². The van der Waals surface area contributed by atoms with Crippen molar-refractivity contribution in [1.29, 1.82) is 0 Å². The first kappa shape index (κ1) is 21.4. The standard InChI is InChI=1S/C17H11ClF6N2O2S/c1-2-29(27,28)14-8-10(17(22,23)24)4-6-13(14)26-15(18)11-5-3-9(16(19,20)21)7-12(11)25-26/h3-8H,2H2,1H3. The van der Waals surface area contributed by atoms with Gasteiger partial charge in [0.15, 0.2) is 9.84 Å². The van der Waals surface area contributed by atoms with Crippen LogP contribution in [0.3, 0.4) is 0 Å².